The highest BCUT2D eigenvalue weighted by molar-refractivity contribution is 7.80. The van der Waals surface area contributed by atoms with Gasteiger partial charge in [0.25, 0.3) is 0 Å². The van der Waals surface area contributed by atoms with E-state index in [2.05, 4.69) is 11.1 Å². The van der Waals surface area contributed by atoms with E-state index in [-0.39, 0.29) is 19.8 Å². The van der Waals surface area contributed by atoms with Crippen LogP contribution in [0.25, 0.3) is 0 Å². The van der Waals surface area contributed by atoms with Crippen molar-refractivity contribution in [2.75, 3.05) is 99.1 Å². The van der Waals surface area contributed by atoms with Gasteiger partial charge in [-0.3, -0.25) is 4.18 Å². The molecule has 0 saturated heterocycles. The van der Waals surface area contributed by atoms with E-state index >= 15 is 0 Å². The first kappa shape index (κ1) is 41.6. The van der Waals surface area contributed by atoms with Crippen molar-refractivity contribution in [1.29, 1.82) is 0 Å². The second-order valence-corrected chi connectivity index (χ2v) is 11.2. The summed E-state index contributed by atoms with van der Waals surface area (Å²) in [6.45, 7) is 8.47. The molecule has 0 spiro atoms. The highest BCUT2D eigenvalue weighted by atomic mass is 32.3. The van der Waals surface area contributed by atoms with Gasteiger partial charge in [-0.25, -0.2) is 8.42 Å². The van der Waals surface area contributed by atoms with E-state index in [1.54, 1.807) is 0 Å². The normalized spacial score (nSPS) is 12.0. The predicted octanol–water partition coefficient (Wildman–Crippen LogP) is 5.06. The third kappa shape index (κ3) is 39.6. The summed E-state index contributed by atoms with van der Waals surface area (Å²) >= 11 is 0. The molecule has 11 nitrogen and oxygen atoms in total. The predicted molar refractivity (Wildman–Crippen MR) is 162 cm³/mol. The molecule has 0 saturated carbocycles. The van der Waals surface area contributed by atoms with E-state index in [1.165, 1.54) is 83.5 Å². The fourth-order valence-electron chi connectivity index (χ4n) is 4.02. The summed E-state index contributed by atoms with van der Waals surface area (Å²) in [7, 11) is -4.66. The molecule has 254 valence electrons. The Balaban J connectivity index is 3.05. The van der Waals surface area contributed by atoms with Crippen molar-refractivity contribution < 1.29 is 50.3 Å². The summed E-state index contributed by atoms with van der Waals surface area (Å²) in [6, 6.07) is 0. The maximum Gasteiger partial charge on any atom is 0.217 e. The van der Waals surface area contributed by atoms with E-state index in [1.807, 2.05) is 0 Å². The van der Waals surface area contributed by atoms with Crippen molar-refractivity contribution in [3.63, 3.8) is 0 Å². The molecule has 0 rings (SSSR count). The Bertz CT molecular complexity index is 608. The van der Waals surface area contributed by atoms with Gasteiger partial charge in [0, 0.05) is 6.61 Å². The molecule has 0 bridgehead atoms. The lowest BCUT2D eigenvalue weighted by Gasteiger charge is -2.09. The molecule has 0 fully saturated rings. The highest BCUT2D eigenvalue weighted by Crippen LogP contribution is 2.12. The first-order chi connectivity index (χ1) is 20.6. The molecule has 0 radical (unpaired) electrons. The molecule has 0 amide bonds. The van der Waals surface area contributed by atoms with Crippen LogP contribution in [-0.2, 0) is 47.7 Å². The van der Waals surface area contributed by atoms with Crippen molar-refractivity contribution in [2.24, 2.45) is 0 Å². The Kier molecular flexibility index (Phi) is 34.7. The molecular weight excluding hydrogens is 568 g/mol. The summed E-state index contributed by atoms with van der Waals surface area (Å²) in [5, 5.41) is 0. The summed E-state index contributed by atoms with van der Waals surface area (Å²) in [5.41, 5.74) is 0. The van der Waals surface area contributed by atoms with Crippen molar-refractivity contribution in [3.05, 3.63) is 0 Å². The van der Waals surface area contributed by atoms with E-state index in [9.17, 15) is 13.0 Å². The summed E-state index contributed by atoms with van der Waals surface area (Å²) in [4.78, 5) is 0. The van der Waals surface area contributed by atoms with Gasteiger partial charge in [0.05, 0.1) is 92.5 Å². The number of rotatable bonds is 37. The van der Waals surface area contributed by atoms with Crippen LogP contribution in [0.5, 0.6) is 0 Å². The Morgan fingerprint density at radius 1 is 0.357 bits per heavy atom. The van der Waals surface area contributed by atoms with Gasteiger partial charge in [-0.2, -0.15) is 0 Å². The van der Waals surface area contributed by atoms with Crippen LogP contribution in [0.1, 0.15) is 96.8 Å². The van der Waals surface area contributed by atoms with Crippen LogP contribution in [0.15, 0.2) is 0 Å². The molecule has 0 aliphatic heterocycles. The lowest BCUT2D eigenvalue weighted by atomic mass is 10.0. The maximum atomic E-state index is 10.2. The number of hydrogen-bond donors (Lipinski definition) is 0. The van der Waals surface area contributed by atoms with E-state index in [0.29, 0.717) is 72.7 Å². The number of ether oxygens (including phenoxy) is 7. The monoisotopic (exact) mass is 629 g/mol. The molecule has 0 heterocycles. The zero-order chi connectivity index (χ0) is 30.7. The van der Waals surface area contributed by atoms with E-state index in [0.717, 1.165) is 13.0 Å². The SMILES string of the molecule is CCCCCCCCCCCCCCCCOCCOCCOCCOCCOCCOCCOCCOS(=O)(=O)[O-]. The van der Waals surface area contributed by atoms with Gasteiger partial charge >= 0.3 is 0 Å². The largest absolute Gasteiger partial charge is 0.726 e. The van der Waals surface area contributed by atoms with Gasteiger partial charge in [0.1, 0.15) is 0 Å². The summed E-state index contributed by atoms with van der Waals surface area (Å²) in [5.74, 6) is 0. The molecule has 0 aromatic carbocycles. The van der Waals surface area contributed by atoms with E-state index < -0.39 is 10.4 Å². The van der Waals surface area contributed by atoms with Crippen LogP contribution in [0, 0.1) is 0 Å². The van der Waals surface area contributed by atoms with Crippen molar-refractivity contribution in [3.8, 4) is 0 Å². The first-order valence-electron chi connectivity index (χ1n) is 16.2. The Labute approximate surface area is 256 Å². The van der Waals surface area contributed by atoms with Crippen LogP contribution in [0.3, 0.4) is 0 Å². The van der Waals surface area contributed by atoms with Crippen LogP contribution < -0.4 is 0 Å². The molecule has 0 aromatic heterocycles. The maximum absolute atomic E-state index is 10.2. The molecule has 0 aromatic rings. The Morgan fingerprint density at radius 3 is 0.881 bits per heavy atom. The minimum absolute atomic E-state index is 0.00395. The molecule has 42 heavy (non-hydrogen) atoms. The molecular formula is C30H61O11S-. The Hall–Kier alpha value is -0.410. The Morgan fingerprint density at radius 2 is 0.595 bits per heavy atom. The van der Waals surface area contributed by atoms with Gasteiger partial charge < -0.3 is 37.7 Å². The molecule has 0 aliphatic carbocycles. The summed E-state index contributed by atoms with van der Waals surface area (Å²) < 4.78 is 72.5. The average Bonchev–Trinajstić information content (AvgIpc) is 2.96. The summed E-state index contributed by atoms with van der Waals surface area (Å²) in [6.07, 6.45) is 19.1. The van der Waals surface area contributed by atoms with Gasteiger partial charge in [0.15, 0.2) is 0 Å². The smallest absolute Gasteiger partial charge is 0.217 e. The van der Waals surface area contributed by atoms with E-state index in [4.69, 9.17) is 33.2 Å². The minimum Gasteiger partial charge on any atom is -0.726 e. The second-order valence-electron chi connectivity index (χ2n) is 10.1. The van der Waals surface area contributed by atoms with Crippen LogP contribution >= 0.6 is 0 Å². The van der Waals surface area contributed by atoms with Crippen molar-refractivity contribution in [1.82, 2.24) is 0 Å². The van der Waals surface area contributed by atoms with Crippen molar-refractivity contribution in [2.45, 2.75) is 96.8 Å². The number of hydrogen-bond acceptors (Lipinski definition) is 11. The second kappa shape index (κ2) is 35.1. The molecule has 0 N–H and O–H groups in total. The number of unbranched alkanes of at least 4 members (excludes halogenated alkanes) is 13. The standard InChI is InChI=1S/C30H62O11S/c1-2-3-4-5-6-7-8-9-10-11-12-13-14-15-16-34-17-18-35-19-20-36-21-22-37-23-24-38-25-26-39-27-28-40-29-30-41-42(31,32)33/h2-30H2,1H3,(H,31,32,33)/p-1. The zero-order valence-electron chi connectivity index (χ0n) is 26.4. The van der Waals surface area contributed by atoms with Gasteiger partial charge in [0.2, 0.25) is 10.4 Å². The van der Waals surface area contributed by atoms with Gasteiger partial charge in [-0.1, -0.05) is 90.4 Å². The molecule has 0 atom stereocenters. The average molecular weight is 630 g/mol. The molecule has 12 heteroatoms. The van der Waals surface area contributed by atoms with Crippen LogP contribution in [-0.4, -0.2) is 112 Å². The van der Waals surface area contributed by atoms with Gasteiger partial charge in [-0.15, -0.1) is 0 Å². The topological polar surface area (TPSA) is 131 Å². The quantitative estimate of drug-likeness (QED) is 0.0519. The molecule has 0 unspecified atom stereocenters. The lowest BCUT2D eigenvalue weighted by Crippen LogP contribution is -2.15. The molecule has 0 aliphatic rings. The fourth-order valence-corrected chi connectivity index (χ4v) is 4.29. The van der Waals surface area contributed by atoms with Crippen LogP contribution in [0.2, 0.25) is 0 Å². The first-order valence-corrected chi connectivity index (χ1v) is 17.5. The third-order valence-corrected chi connectivity index (χ3v) is 6.78. The minimum atomic E-state index is -4.66. The third-order valence-electron chi connectivity index (χ3n) is 6.33. The highest BCUT2D eigenvalue weighted by Gasteiger charge is 1.98. The van der Waals surface area contributed by atoms with Gasteiger partial charge in [-0.05, 0) is 6.42 Å². The van der Waals surface area contributed by atoms with Crippen molar-refractivity contribution >= 4 is 10.4 Å². The lowest BCUT2D eigenvalue weighted by molar-refractivity contribution is -0.0213. The zero-order valence-corrected chi connectivity index (χ0v) is 27.2. The fraction of sp³-hybridized carbons (Fsp3) is 1.00. The van der Waals surface area contributed by atoms with Crippen LogP contribution in [0.4, 0.5) is 0 Å².